The van der Waals surface area contributed by atoms with Gasteiger partial charge in [0.25, 0.3) is 5.91 Å². The van der Waals surface area contributed by atoms with Gasteiger partial charge in [-0.3, -0.25) is 9.59 Å². The molecule has 0 aromatic heterocycles. The Morgan fingerprint density at radius 2 is 1.24 bits per heavy atom. The average Bonchev–Trinajstić information content (AvgIpc) is 2.85. The highest BCUT2D eigenvalue weighted by Gasteiger charge is 2.23. The largest absolute Gasteiger partial charge is 0.371 e. The zero-order valence-corrected chi connectivity index (χ0v) is 18.7. The van der Waals surface area contributed by atoms with E-state index in [1.807, 2.05) is 42.5 Å². The monoisotopic (exact) mass is 457 g/mol. The van der Waals surface area contributed by atoms with E-state index in [-0.39, 0.29) is 23.8 Å². The number of nitrogens with zero attached hydrogens (tertiary/aromatic N) is 1. The molecule has 4 rings (SSSR count). The summed E-state index contributed by atoms with van der Waals surface area (Å²) < 4.78 is 0. The number of anilines is 4. The summed E-state index contributed by atoms with van der Waals surface area (Å²) in [6, 6.07) is 23.1. The Bertz CT molecular complexity index is 1140. The van der Waals surface area contributed by atoms with Gasteiger partial charge in [-0.15, -0.1) is 0 Å². The third-order valence-electron chi connectivity index (χ3n) is 5.82. The number of hydrogen-bond donors (Lipinski definition) is 4. The van der Waals surface area contributed by atoms with Crippen LogP contribution in [0, 0.1) is 5.92 Å². The lowest BCUT2D eigenvalue weighted by Crippen LogP contribution is -2.38. The topological polar surface area (TPSA) is 117 Å². The van der Waals surface area contributed by atoms with Crippen LogP contribution in [0.25, 0.3) is 0 Å². The molecule has 4 amide bonds. The normalized spacial score (nSPS) is 13.7. The first-order chi connectivity index (χ1) is 16.5. The van der Waals surface area contributed by atoms with Crippen LogP contribution in [0.15, 0.2) is 78.9 Å². The lowest BCUT2D eigenvalue weighted by atomic mass is 9.96. The van der Waals surface area contributed by atoms with Gasteiger partial charge in [-0.05, 0) is 73.5 Å². The Morgan fingerprint density at radius 3 is 1.82 bits per heavy atom. The van der Waals surface area contributed by atoms with Crippen LogP contribution in [0.2, 0.25) is 0 Å². The minimum atomic E-state index is -0.359. The average molecular weight is 458 g/mol. The Kier molecular flexibility index (Phi) is 7.07. The minimum Gasteiger partial charge on any atom is -0.371 e. The molecule has 1 heterocycles. The van der Waals surface area contributed by atoms with Crippen molar-refractivity contribution in [2.24, 2.45) is 11.7 Å². The predicted molar refractivity (Wildman–Crippen MR) is 134 cm³/mol. The number of nitrogens with one attached hydrogen (secondary N) is 3. The van der Waals surface area contributed by atoms with Gasteiger partial charge in [-0.25, -0.2) is 4.79 Å². The Balaban J connectivity index is 1.29. The smallest absolute Gasteiger partial charge is 0.323 e. The Morgan fingerprint density at radius 1 is 0.706 bits per heavy atom. The van der Waals surface area contributed by atoms with E-state index in [0.29, 0.717) is 22.6 Å². The van der Waals surface area contributed by atoms with Gasteiger partial charge in [0, 0.05) is 47.3 Å². The molecule has 1 aliphatic heterocycles. The first-order valence-corrected chi connectivity index (χ1v) is 11.2. The standard InChI is InChI=1S/C26H27N5O3/c27-24(32)18-14-16-31(17-15-18)23-12-10-21(11-13-23)28-25(33)19-6-8-22(9-7-19)30-26(34)29-20-4-2-1-3-5-20/h1-13,18H,14-17H2,(H2,27,32)(H,28,33)(H2,29,30,34). The molecule has 0 radical (unpaired) electrons. The van der Waals surface area contributed by atoms with Crippen molar-refractivity contribution in [1.29, 1.82) is 0 Å². The van der Waals surface area contributed by atoms with Gasteiger partial charge >= 0.3 is 6.03 Å². The number of hydrogen-bond acceptors (Lipinski definition) is 4. The summed E-state index contributed by atoms with van der Waals surface area (Å²) >= 11 is 0. The van der Waals surface area contributed by atoms with Crippen LogP contribution in [0.1, 0.15) is 23.2 Å². The third-order valence-corrected chi connectivity index (χ3v) is 5.82. The van der Waals surface area contributed by atoms with Crippen molar-refractivity contribution < 1.29 is 14.4 Å². The molecule has 0 saturated carbocycles. The van der Waals surface area contributed by atoms with Crippen molar-refractivity contribution >= 4 is 40.6 Å². The molecule has 8 nitrogen and oxygen atoms in total. The summed E-state index contributed by atoms with van der Waals surface area (Å²) in [6.45, 7) is 1.56. The Labute approximate surface area is 198 Å². The van der Waals surface area contributed by atoms with Crippen LogP contribution < -0.4 is 26.6 Å². The molecule has 1 fully saturated rings. The number of para-hydroxylation sites is 1. The second-order valence-corrected chi connectivity index (χ2v) is 8.19. The molecule has 0 atom stereocenters. The fourth-order valence-electron chi connectivity index (χ4n) is 3.90. The van der Waals surface area contributed by atoms with Crippen molar-refractivity contribution in [3.8, 4) is 0 Å². The molecule has 0 aliphatic carbocycles. The predicted octanol–water partition coefficient (Wildman–Crippen LogP) is 4.28. The third kappa shape index (κ3) is 5.92. The van der Waals surface area contributed by atoms with Gasteiger partial charge in [-0.2, -0.15) is 0 Å². The van der Waals surface area contributed by atoms with E-state index in [2.05, 4.69) is 20.9 Å². The van der Waals surface area contributed by atoms with Gasteiger partial charge in [0.15, 0.2) is 0 Å². The molecule has 0 spiro atoms. The number of rotatable bonds is 6. The van der Waals surface area contributed by atoms with Crippen molar-refractivity contribution in [3.05, 3.63) is 84.4 Å². The highest BCUT2D eigenvalue weighted by molar-refractivity contribution is 6.05. The van der Waals surface area contributed by atoms with Crippen molar-refractivity contribution in [2.45, 2.75) is 12.8 Å². The van der Waals surface area contributed by atoms with Gasteiger partial charge in [-0.1, -0.05) is 18.2 Å². The van der Waals surface area contributed by atoms with E-state index < -0.39 is 0 Å². The summed E-state index contributed by atoms with van der Waals surface area (Å²) in [5, 5.41) is 8.37. The molecule has 0 unspecified atom stereocenters. The van der Waals surface area contributed by atoms with E-state index in [4.69, 9.17) is 5.73 Å². The van der Waals surface area contributed by atoms with E-state index in [1.54, 1.807) is 36.4 Å². The van der Waals surface area contributed by atoms with E-state index in [1.165, 1.54) is 0 Å². The molecule has 5 N–H and O–H groups in total. The van der Waals surface area contributed by atoms with Crippen LogP contribution in [-0.2, 0) is 4.79 Å². The fraction of sp³-hybridized carbons (Fsp3) is 0.192. The highest BCUT2D eigenvalue weighted by Crippen LogP contribution is 2.25. The molecular weight excluding hydrogens is 430 g/mol. The molecule has 3 aromatic rings. The lowest BCUT2D eigenvalue weighted by molar-refractivity contribution is -0.122. The number of urea groups is 1. The quantitative estimate of drug-likeness (QED) is 0.442. The number of carbonyl (C=O) groups is 3. The molecule has 174 valence electrons. The van der Waals surface area contributed by atoms with Crippen LogP contribution >= 0.6 is 0 Å². The van der Waals surface area contributed by atoms with E-state index in [9.17, 15) is 14.4 Å². The molecule has 0 bridgehead atoms. The van der Waals surface area contributed by atoms with Gasteiger partial charge in [0.2, 0.25) is 5.91 Å². The maximum atomic E-state index is 12.6. The summed E-state index contributed by atoms with van der Waals surface area (Å²) in [5.74, 6) is -0.512. The number of piperidine rings is 1. The summed E-state index contributed by atoms with van der Waals surface area (Å²) in [5.41, 5.74) is 8.88. The van der Waals surface area contributed by atoms with Gasteiger partial charge < -0.3 is 26.6 Å². The van der Waals surface area contributed by atoms with Crippen LogP contribution in [-0.4, -0.2) is 30.9 Å². The first kappa shape index (κ1) is 22.8. The SMILES string of the molecule is NC(=O)C1CCN(c2ccc(NC(=O)c3ccc(NC(=O)Nc4ccccc4)cc3)cc2)CC1. The van der Waals surface area contributed by atoms with E-state index in [0.717, 1.165) is 31.6 Å². The van der Waals surface area contributed by atoms with Gasteiger partial charge in [0.05, 0.1) is 0 Å². The number of nitrogens with two attached hydrogens (primary N) is 1. The van der Waals surface area contributed by atoms with Gasteiger partial charge in [0.1, 0.15) is 0 Å². The summed E-state index contributed by atoms with van der Waals surface area (Å²) in [4.78, 5) is 38.3. The number of amides is 4. The van der Waals surface area contributed by atoms with E-state index >= 15 is 0 Å². The zero-order chi connectivity index (χ0) is 23.9. The first-order valence-electron chi connectivity index (χ1n) is 11.2. The highest BCUT2D eigenvalue weighted by atomic mass is 16.2. The number of carbonyl (C=O) groups excluding carboxylic acids is 3. The number of primary amides is 1. The van der Waals surface area contributed by atoms with Crippen LogP contribution in [0.5, 0.6) is 0 Å². The van der Waals surface area contributed by atoms with Crippen LogP contribution in [0.3, 0.4) is 0 Å². The molecule has 34 heavy (non-hydrogen) atoms. The fourth-order valence-corrected chi connectivity index (χ4v) is 3.90. The maximum Gasteiger partial charge on any atom is 0.323 e. The molecule has 1 aliphatic rings. The zero-order valence-electron chi connectivity index (χ0n) is 18.7. The van der Waals surface area contributed by atoms with Crippen molar-refractivity contribution in [1.82, 2.24) is 0 Å². The van der Waals surface area contributed by atoms with Crippen molar-refractivity contribution in [2.75, 3.05) is 33.9 Å². The lowest BCUT2D eigenvalue weighted by Gasteiger charge is -2.32. The summed E-state index contributed by atoms with van der Waals surface area (Å²) in [6.07, 6.45) is 1.51. The molecular formula is C26H27N5O3. The van der Waals surface area contributed by atoms with Crippen molar-refractivity contribution in [3.63, 3.8) is 0 Å². The maximum absolute atomic E-state index is 12.6. The van der Waals surface area contributed by atoms with Crippen LogP contribution in [0.4, 0.5) is 27.5 Å². The minimum absolute atomic E-state index is 0.0466. The Hall–Kier alpha value is -4.33. The molecule has 1 saturated heterocycles. The second kappa shape index (κ2) is 10.5. The molecule has 3 aromatic carbocycles. The molecule has 8 heteroatoms. The summed E-state index contributed by atoms with van der Waals surface area (Å²) in [7, 11) is 0. The second-order valence-electron chi connectivity index (χ2n) is 8.19. The number of benzene rings is 3.